The van der Waals surface area contributed by atoms with Gasteiger partial charge >= 0.3 is 0 Å². The maximum atomic E-state index is 5.34. The van der Waals surface area contributed by atoms with Crippen LogP contribution in [0.3, 0.4) is 0 Å². The van der Waals surface area contributed by atoms with Crippen LogP contribution in [0.5, 0.6) is 0 Å². The number of nitrogens with one attached hydrogen (secondary N) is 2. The van der Waals surface area contributed by atoms with Gasteiger partial charge in [-0.1, -0.05) is 0 Å². The monoisotopic (exact) mass is 238 g/mol. The molecule has 0 spiro atoms. The van der Waals surface area contributed by atoms with E-state index in [4.69, 9.17) is 5.84 Å². The molecule has 0 fully saturated rings. The lowest BCUT2D eigenvalue weighted by Crippen LogP contribution is -2.44. The zero-order valence-corrected chi connectivity index (χ0v) is 11.2. The number of rotatable bonds is 5. The Balaban J connectivity index is 2.72. The second kappa shape index (κ2) is 5.29. The van der Waals surface area contributed by atoms with Gasteiger partial charge in [0.25, 0.3) is 0 Å². The van der Waals surface area contributed by atoms with Crippen LogP contribution in [0.15, 0.2) is 6.07 Å². The molecule has 4 N–H and O–H groups in total. The lowest BCUT2D eigenvalue weighted by atomic mass is 10.0. The first kappa shape index (κ1) is 13.7. The third kappa shape index (κ3) is 3.83. The second-order valence-corrected chi connectivity index (χ2v) is 4.89. The van der Waals surface area contributed by atoms with Gasteiger partial charge in [-0.3, -0.25) is 0 Å². The number of hydrogen-bond donors (Lipinski definition) is 3. The van der Waals surface area contributed by atoms with E-state index >= 15 is 0 Å². The van der Waals surface area contributed by atoms with Crippen LogP contribution in [-0.2, 0) is 0 Å². The molecule has 0 radical (unpaired) electrons. The maximum absolute atomic E-state index is 5.34. The van der Waals surface area contributed by atoms with Crippen LogP contribution in [-0.4, -0.2) is 41.0 Å². The van der Waals surface area contributed by atoms with Gasteiger partial charge in [0.15, 0.2) is 0 Å². The van der Waals surface area contributed by atoms with Gasteiger partial charge in [0, 0.05) is 18.2 Å². The summed E-state index contributed by atoms with van der Waals surface area (Å²) in [6.07, 6.45) is 0. The van der Waals surface area contributed by atoms with E-state index in [1.165, 1.54) is 0 Å². The number of nitrogen functional groups attached to an aromatic ring is 1. The molecule has 0 atom stereocenters. The highest BCUT2D eigenvalue weighted by molar-refractivity contribution is 5.46. The summed E-state index contributed by atoms with van der Waals surface area (Å²) < 4.78 is 0. The molecule has 6 heteroatoms. The molecule has 0 aliphatic carbocycles. The van der Waals surface area contributed by atoms with Crippen molar-refractivity contribution >= 4 is 11.6 Å². The first-order valence-electron chi connectivity index (χ1n) is 5.59. The van der Waals surface area contributed by atoms with E-state index in [9.17, 15) is 0 Å². The molecule has 1 rings (SSSR count). The molecule has 1 aromatic rings. The van der Waals surface area contributed by atoms with Crippen molar-refractivity contribution < 1.29 is 0 Å². The van der Waals surface area contributed by atoms with Crippen molar-refractivity contribution in [3.05, 3.63) is 11.9 Å². The number of nitrogens with two attached hydrogens (primary N) is 1. The fourth-order valence-electron chi connectivity index (χ4n) is 1.20. The summed E-state index contributed by atoms with van der Waals surface area (Å²) in [6.45, 7) is 6.95. The Morgan fingerprint density at radius 3 is 2.41 bits per heavy atom. The van der Waals surface area contributed by atoms with E-state index < -0.39 is 0 Å². The molecule has 1 aromatic heterocycles. The Hall–Kier alpha value is -1.40. The van der Waals surface area contributed by atoms with Gasteiger partial charge in [-0.2, -0.15) is 0 Å². The van der Waals surface area contributed by atoms with Crippen LogP contribution in [0.2, 0.25) is 0 Å². The molecule has 0 unspecified atom stereocenters. The molecule has 0 aliphatic heterocycles. The summed E-state index contributed by atoms with van der Waals surface area (Å²) in [5.41, 5.74) is 2.58. The van der Waals surface area contributed by atoms with Gasteiger partial charge in [0.2, 0.25) is 0 Å². The summed E-state index contributed by atoms with van der Waals surface area (Å²) in [5.74, 6) is 7.42. The first-order valence-corrected chi connectivity index (χ1v) is 5.59. The quantitative estimate of drug-likeness (QED) is 0.521. The number of hydrazine groups is 1. The number of aromatic nitrogens is 2. The standard InChI is InChI=1S/C11H22N6/c1-8-14-9(6-10(15-8)16-12)13-7-11(2,3)17(4)5/h6H,7,12H2,1-5H3,(H2,13,14,15,16). The van der Waals surface area contributed by atoms with Crippen molar-refractivity contribution in [3.8, 4) is 0 Å². The van der Waals surface area contributed by atoms with E-state index in [1.54, 1.807) is 6.07 Å². The summed E-state index contributed by atoms with van der Waals surface area (Å²) in [6, 6.07) is 1.79. The average Bonchev–Trinajstić information content (AvgIpc) is 2.25. The zero-order valence-electron chi connectivity index (χ0n) is 11.2. The Labute approximate surface area is 103 Å². The van der Waals surface area contributed by atoms with Gasteiger partial charge in [-0.05, 0) is 34.9 Å². The smallest absolute Gasteiger partial charge is 0.145 e. The van der Waals surface area contributed by atoms with E-state index in [2.05, 4.69) is 53.6 Å². The molecule has 0 bridgehead atoms. The largest absolute Gasteiger partial charge is 0.368 e. The van der Waals surface area contributed by atoms with Crippen LogP contribution >= 0.6 is 0 Å². The predicted molar refractivity (Wildman–Crippen MR) is 70.8 cm³/mol. The lowest BCUT2D eigenvalue weighted by molar-refractivity contribution is 0.210. The Morgan fingerprint density at radius 2 is 1.88 bits per heavy atom. The Bertz CT molecular complexity index is 374. The molecule has 0 amide bonds. The van der Waals surface area contributed by atoms with Gasteiger partial charge in [-0.15, -0.1) is 0 Å². The maximum Gasteiger partial charge on any atom is 0.145 e. The predicted octanol–water partition coefficient (Wildman–Crippen LogP) is 0.823. The van der Waals surface area contributed by atoms with Crippen LogP contribution < -0.4 is 16.6 Å². The molecule has 96 valence electrons. The number of hydrogen-bond acceptors (Lipinski definition) is 6. The normalized spacial score (nSPS) is 11.7. The molecule has 0 aromatic carbocycles. The van der Waals surface area contributed by atoms with Gasteiger partial charge < -0.3 is 15.6 Å². The second-order valence-electron chi connectivity index (χ2n) is 4.89. The molecule has 0 saturated carbocycles. The van der Waals surface area contributed by atoms with E-state index in [0.717, 1.165) is 12.4 Å². The van der Waals surface area contributed by atoms with Crippen molar-refractivity contribution in [2.24, 2.45) is 5.84 Å². The van der Waals surface area contributed by atoms with Crippen molar-refractivity contribution in [3.63, 3.8) is 0 Å². The van der Waals surface area contributed by atoms with E-state index in [0.29, 0.717) is 11.6 Å². The average molecular weight is 238 g/mol. The van der Waals surface area contributed by atoms with E-state index in [1.807, 2.05) is 6.92 Å². The van der Waals surface area contributed by atoms with Crippen LogP contribution in [0.4, 0.5) is 11.6 Å². The topological polar surface area (TPSA) is 79.1 Å². The highest BCUT2D eigenvalue weighted by Crippen LogP contribution is 2.14. The third-order valence-electron chi connectivity index (χ3n) is 2.90. The number of nitrogens with zero attached hydrogens (tertiary/aromatic N) is 3. The molecular formula is C11H22N6. The number of likely N-dealkylation sites (N-methyl/N-ethyl adjacent to an activating group) is 1. The van der Waals surface area contributed by atoms with E-state index in [-0.39, 0.29) is 5.54 Å². The molecule has 17 heavy (non-hydrogen) atoms. The molecular weight excluding hydrogens is 216 g/mol. The first-order chi connectivity index (χ1) is 7.85. The van der Waals surface area contributed by atoms with Crippen molar-refractivity contribution in [2.75, 3.05) is 31.4 Å². The molecule has 1 heterocycles. The van der Waals surface area contributed by atoms with Crippen molar-refractivity contribution in [1.82, 2.24) is 14.9 Å². The minimum Gasteiger partial charge on any atom is -0.368 e. The summed E-state index contributed by atoms with van der Waals surface area (Å²) in [5, 5.41) is 3.29. The van der Waals surface area contributed by atoms with Gasteiger partial charge in [-0.25, -0.2) is 15.8 Å². The van der Waals surface area contributed by atoms with Gasteiger partial charge in [0.1, 0.15) is 17.5 Å². The van der Waals surface area contributed by atoms with Crippen LogP contribution in [0.25, 0.3) is 0 Å². The lowest BCUT2D eigenvalue weighted by Gasteiger charge is -2.32. The minimum absolute atomic E-state index is 0.0508. The highest BCUT2D eigenvalue weighted by atomic mass is 15.3. The van der Waals surface area contributed by atoms with Crippen LogP contribution in [0, 0.1) is 6.92 Å². The Kier molecular flexibility index (Phi) is 4.25. The molecule has 0 saturated heterocycles. The number of aryl methyl sites for hydroxylation is 1. The summed E-state index contributed by atoms with van der Waals surface area (Å²) >= 11 is 0. The third-order valence-corrected chi connectivity index (χ3v) is 2.90. The molecule has 6 nitrogen and oxygen atoms in total. The molecule has 0 aliphatic rings. The van der Waals surface area contributed by atoms with Crippen molar-refractivity contribution in [1.29, 1.82) is 0 Å². The summed E-state index contributed by atoms with van der Waals surface area (Å²) in [7, 11) is 4.11. The van der Waals surface area contributed by atoms with Crippen molar-refractivity contribution in [2.45, 2.75) is 26.3 Å². The zero-order chi connectivity index (χ0) is 13.1. The number of anilines is 2. The highest BCUT2D eigenvalue weighted by Gasteiger charge is 2.20. The minimum atomic E-state index is 0.0508. The fourth-order valence-corrected chi connectivity index (χ4v) is 1.20. The Morgan fingerprint density at radius 1 is 1.29 bits per heavy atom. The summed E-state index contributed by atoms with van der Waals surface area (Å²) in [4.78, 5) is 10.6. The SMILES string of the molecule is Cc1nc(NN)cc(NCC(C)(C)N(C)C)n1. The van der Waals surface area contributed by atoms with Gasteiger partial charge in [0.05, 0.1) is 0 Å². The fraction of sp³-hybridized carbons (Fsp3) is 0.636. The van der Waals surface area contributed by atoms with Crippen LogP contribution in [0.1, 0.15) is 19.7 Å².